The lowest BCUT2D eigenvalue weighted by atomic mass is 9.97. The summed E-state index contributed by atoms with van der Waals surface area (Å²) in [6, 6.07) is 15.7. The number of carbonyl (C=O) groups is 1. The fraction of sp³-hybridized carbons (Fsp3) is 0.350. The van der Waals surface area contributed by atoms with Gasteiger partial charge in [-0.25, -0.2) is 0 Å². The monoisotopic (exact) mass is 358 g/mol. The normalized spacial score (nSPS) is 15.7. The van der Waals surface area contributed by atoms with E-state index in [-0.39, 0.29) is 11.8 Å². The van der Waals surface area contributed by atoms with Crippen molar-refractivity contribution in [3.8, 4) is 0 Å². The van der Waals surface area contributed by atoms with Crippen LogP contribution >= 0.6 is 11.6 Å². The predicted octanol–water partition coefficient (Wildman–Crippen LogP) is 4.31. The van der Waals surface area contributed by atoms with Gasteiger partial charge in [-0.2, -0.15) is 0 Å². The maximum Gasteiger partial charge on any atom is 0.225 e. The zero-order valence-electron chi connectivity index (χ0n) is 14.4. The van der Waals surface area contributed by atoms with Crippen LogP contribution in [-0.2, 0) is 9.53 Å². The van der Waals surface area contributed by atoms with E-state index in [1.165, 1.54) is 0 Å². The first-order valence-electron chi connectivity index (χ1n) is 8.60. The maximum absolute atomic E-state index is 12.5. The van der Waals surface area contributed by atoms with Crippen molar-refractivity contribution in [3.63, 3.8) is 0 Å². The van der Waals surface area contributed by atoms with Crippen molar-refractivity contribution < 1.29 is 9.53 Å². The molecule has 132 valence electrons. The maximum atomic E-state index is 12.5. The summed E-state index contributed by atoms with van der Waals surface area (Å²) >= 11 is 6.15. The third-order valence-electron chi connectivity index (χ3n) is 4.44. The van der Waals surface area contributed by atoms with Gasteiger partial charge in [-0.15, -0.1) is 0 Å². The Morgan fingerprint density at radius 2 is 1.92 bits per heavy atom. The summed E-state index contributed by atoms with van der Waals surface area (Å²) in [4.78, 5) is 14.8. The quantitative estimate of drug-likeness (QED) is 0.866. The third-order valence-corrected chi connectivity index (χ3v) is 4.68. The van der Waals surface area contributed by atoms with Crippen LogP contribution in [0, 0.1) is 0 Å². The number of morpholine rings is 1. The molecule has 1 aliphatic heterocycles. The van der Waals surface area contributed by atoms with Crippen LogP contribution in [0.3, 0.4) is 0 Å². The lowest BCUT2D eigenvalue weighted by Gasteiger charge is -2.30. The van der Waals surface area contributed by atoms with Crippen molar-refractivity contribution in [2.24, 2.45) is 0 Å². The van der Waals surface area contributed by atoms with Gasteiger partial charge in [0.15, 0.2) is 0 Å². The lowest BCUT2D eigenvalue weighted by Crippen LogP contribution is -2.36. The van der Waals surface area contributed by atoms with Crippen LogP contribution in [0.15, 0.2) is 48.5 Å². The van der Waals surface area contributed by atoms with Crippen molar-refractivity contribution in [1.29, 1.82) is 0 Å². The minimum absolute atomic E-state index is 0.00636. The predicted molar refractivity (Wildman–Crippen MR) is 103 cm³/mol. The van der Waals surface area contributed by atoms with E-state index >= 15 is 0 Å². The van der Waals surface area contributed by atoms with Crippen molar-refractivity contribution in [3.05, 3.63) is 59.1 Å². The van der Waals surface area contributed by atoms with E-state index in [0.29, 0.717) is 24.7 Å². The van der Waals surface area contributed by atoms with Gasteiger partial charge in [0, 0.05) is 24.5 Å². The number of amides is 1. The summed E-state index contributed by atoms with van der Waals surface area (Å²) in [6.07, 6.45) is 0.430. The van der Waals surface area contributed by atoms with Gasteiger partial charge in [0.25, 0.3) is 0 Å². The molecule has 0 saturated carbocycles. The molecule has 1 N–H and O–H groups in total. The van der Waals surface area contributed by atoms with Gasteiger partial charge in [0.1, 0.15) is 0 Å². The number of rotatable bonds is 5. The molecule has 4 nitrogen and oxygen atoms in total. The van der Waals surface area contributed by atoms with Gasteiger partial charge in [0.05, 0.1) is 24.6 Å². The van der Waals surface area contributed by atoms with E-state index in [9.17, 15) is 4.79 Å². The number of nitrogens with zero attached hydrogens (tertiary/aromatic N) is 1. The standard InChI is InChI=1S/C20H23ClN2O2/c1-15(16-5-3-2-4-6-16)13-20(24)22-18-14-17(21)7-8-19(18)23-9-11-25-12-10-23/h2-8,14-15H,9-13H2,1H3,(H,22,24). The Hall–Kier alpha value is -2.04. The number of benzene rings is 2. The molecular formula is C20H23ClN2O2. The molecule has 25 heavy (non-hydrogen) atoms. The van der Waals surface area contributed by atoms with E-state index in [0.717, 1.165) is 30.0 Å². The SMILES string of the molecule is CC(CC(=O)Nc1cc(Cl)ccc1N1CCOCC1)c1ccccc1. The highest BCUT2D eigenvalue weighted by Gasteiger charge is 2.18. The number of ether oxygens (including phenoxy) is 1. The van der Waals surface area contributed by atoms with Gasteiger partial charge in [-0.05, 0) is 29.7 Å². The minimum atomic E-state index is -0.00636. The van der Waals surface area contributed by atoms with E-state index in [1.54, 1.807) is 0 Å². The first kappa shape index (κ1) is 17.8. The van der Waals surface area contributed by atoms with Crippen LogP contribution in [0.1, 0.15) is 24.8 Å². The van der Waals surface area contributed by atoms with Crippen molar-refractivity contribution in [2.45, 2.75) is 19.3 Å². The molecule has 0 spiro atoms. The second-order valence-corrected chi connectivity index (χ2v) is 6.76. The summed E-state index contributed by atoms with van der Waals surface area (Å²) in [5, 5.41) is 3.66. The van der Waals surface area contributed by atoms with Crippen LogP contribution in [0.4, 0.5) is 11.4 Å². The number of carbonyl (C=O) groups excluding carboxylic acids is 1. The summed E-state index contributed by atoms with van der Waals surface area (Å²) in [7, 11) is 0. The highest BCUT2D eigenvalue weighted by molar-refractivity contribution is 6.31. The molecular weight excluding hydrogens is 336 g/mol. The molecule has 0 aliphatic carbocycles. The topological polar surface area (TPSA) is 41.6 Å². The molecule has 0 aromatic heterocycles. The summed E-state index contributed by atoms with van der Waals surface area (Å²) < 4.78 is 5.41. The van der Waals surface area contributed by atoms with Crippen molar-refractivity contribution in [2.75, 3.05) is 36.5 Å². The van der Waals surface area contributed by atoms with E-state index in [4.69, 9.17) is 16.3 Å². The second kappa shape index (κ2) is 8.37. The molecule has 1 atom stereocenters. The largest absolute Gasteiger partial charge is 0.378 e. The highest BCUT2D eigenvalue weighted by atomic mass is 35.5. The Balaban J connectivity index is 1.71. The molecule has 1 heterocycles. The van der Waals surface area contributed by atoms with Crippen LogP contribution in [-0.4, -0.2) is 32.2 Å². The van der Waals surface area contributed by atoms with E-state index < -0.39 is 0 Å². The molecule has 5 heteroatoms. The Labute approximate surface area is 153 Å². The molecule has 1 saturated heterocycles. The van der Waals surface area contributed by atoms with E-state index in [2.05, 4.69) is 29.3 Å². The smallest absolute Gasteiger partial charge is 0.225 e. The minimum Gasteiger partial charge on any atom is -0.378 e. The molecule has 1 aliphatic rings. The first-order chi connectivity index (χ1) is 12.1. The second-order valence-electron chi connectivity index (χ2n) is 6.32. The molecule has 2 aromatic carbocycles. The lowest BCUT2D eigenvalue weighted by molar-refractivity contribution is -0.116. The van der Waals surface area contributed by atoms with Gasteiger partial charge >= 0.3 is 0 Å². The summed E-state index contributed by atoms with van der Waals surface area (Å²) in [6.45, 7) is 5.08. The molecule has 0 bridgehead atoms. The number of nitrogens with one attached hydrogen (secondary N) is 1. The van der Waals surface area contributed by atoms with Gasteiger partial charge < -0.3 is 15.0 Å². The zero-order chi connectivity index (χ0) is 17.6. The molecule has 1 amide bonds. The van der Waals surface area contributed by atoms with Gasteiger partial charge in [0.2, 0.25) is 5.91 Å². The first-order valence-corrected chi connectivity index (χ1v) is 8.98. The fourth-order valence-electron chi connectivity index (χ4n) is 3.07. The van der Waals surface area contributed by atoms with Gasteiger partial charge in [-0.3, -0.25) is 4.79 Å². The van der Waals surface area contributed by atoms with Crippen LogP contribution in [0.25, 0.3) is 0 Å². The molecule has 2 aromatic rings. The van der Waals surface area contributed by atoms with Crippen LogP contribution in [0.2, 0.25) is 5.02 Å². The van der Waals surface area contributed by atoms with Crippen LogP contribution in [0.5, 0.6) is 0 Å². The number of halogens is 1. The Morgan fingerprint density at radius 3 is 2.64 bits per heavy atom. The molecule has 1 unspecified atom stereocenters. The summed E-state index contributed by atoms with van der Waals surface area (Å²) in [5.74, 6) is 0.153. The number of hydrogen-bond donors (Lipinski definition) is 1. The third kappa shape index (κ3) is 4.74. The van der Waals surface area contributed by atoms with Crippen molar-refractivity contribution >= 4 is 28.9 Å². The summed E-state index contributed by atoms with van der Waals surface area (Å²) in [5.41, 5.74) is 2.92. The Kier molecular flexibility index (Phi) is 5.95. The molecule has 1 fully saturated rings. The molecule has 3 rings (SSSR count). The fourth-order valence-corrected chi connectivity index (χ4v) is 3.24. The van der Waals surface area contributed by atoms with Gasteiger partial charge in [-0.1, -0.05) is 48.9 Å². The highest BCUT2D eigenvalue weighted by Crippen LogP contribution is 2.30. The van der Waals surface area contributed by atoms with Crippen molar-refractivity contribution in [1.82, 2.24) is 0 Å². The number of hydrogen-bond acceptors (Lipinski definition) is 3. The Morgan fingerprint density at radius 1 is 1.20 bits per heavy atom. The van der Waals surface area contributed by atoms with E-state index in [1.807, 2.05) is 36.4 Å². The zero-order valence-corrected chi connectivity index (χ0v) is 15.1. The number of anilines is 2. The average Bonchev–Trinajstić information content (AvgIpc) is 2.63. The average molecular weight is 359 g/mol. The molecule has 0 radical (unpaired) electrons. The Bertz CT molecular complexity index is 715. The van der Waals surface area contributed by atoms with Crippen LogP contribution < -0.4 is 10.2 Å².